The number of hydrogen-bond donors (Lipinski definition) is 3. The van der Waals surface area contributed by atoms with Crippen LogP contribution in [-0.4, -0.2) is 44.6 Å². The van der Waals surface area contributed by atoms with Gasteiger partial charge in [-0.15, -0.1) is 0 Å². The van der Waals surface area contributed by atoms with E-state index in [0.29, 0.717) is 11.1 Å². The van der Waals surface area contributed by atoms with E-state index in [9.17, 15) is 24.9 Å². The highest BCUT2D eigenvalue weighted by molar-refractivity contribution is 6.46. The molecule has 1 amide bonds. The van der Waals surface area contributed by atoms with Crippen LogP contribution in [0.3, 0.4) is 0 Å². The number of likely N-dealkylation sites (tertiary alicyclic amines) is 1. The van der Waals surface area contributed by atoms with Crippen molar-refractivity contribution in [3.63, 3.8) is 0 Å². The van der Waals surface area contributed by atoms with Crippen LogP contribution in [0.4, 0.5) is 0 Å². The quantitative estimate of drug-likeness (QED) is 0.445. The second-order valence-corrected chi connectivity index (χ2v) is 6.26. The van der Waals surface area contributed by atoms with E-state index in [0.717, 1.165) is 0 Å². The lowest BCUT2D eigenvalue weighted by Gasteiger charge is -2.26. The lowest BCUT2D eigenvalue weighted by molar-refractivity contribution is -0.140. The fourth-order valence-electron chi connectivity index (χ4n) is 3.11. The maximum absolute atomic E-state index is 12.6. The number of aliphatic hydroxyl groups excluding tert-OH is 2. The summed E-state index contributed by atoms with van der Waals surface area (Å²) < 4.78 is 0. The summed E-state index contributed by atoms with van der Waals surface area (Å²) in [5.41, 5.74) is 0.944. The maximum Gasteiger partial charge on any atom is 0.295 e. The van der Waals surface area contributed by atoms with Gasteiger partial charge in [-0.1, -0.05) is 42.5 Å². The van der Waals surface area contributed by atoms with Gasteiger partial charge in [0.2, 0.25) is 0 Å². The molecule has 0 saturated carbocycles. The number of ketones is 1. The minimum Gasteiger partial charge on any atom is -0.508 e. The van der Waals surface area contributed by atoms with Crippen molar-refractivity contribution in [2.75, 3.05) is 6.54 Å². The Balaban J connectivity index is 2.18. The summed E-state index contributed by atoms with van der Waals surface area (Å²) in [7, 11) is 0. The molecule has 2 atom stereocenters. The van der Waals surface area contributed by atoms with Crippen molar-refractivity contribution in [1.29, 1.82) is 0 Å². The molecule has 2 aromatic carbocycles. The van der Waals surface area contributed by atoms with Crippen molar-refractivity contribution >= 4 is 17.4 Å². The van der Waals surface area contributed by atoms with Gasteiger partial charge in [0.05, 0.1) is 17.7 Å². The molecule has 2 unspecified atom stereocenters. The normalized spacial score (nSPS) is 20.4. The van der Waals surface area contributed by atoms with Crippen LogP contribution < -0.4 is 0 Å². The summed E-state index contributed by atoms with van der Waals surface area (Å²) in [6.07, 6.45) is -0.843. The maximum atomic E-state index is 12.6. The fourth-order valence-corrected chi connectivity index (χ4v) is 3.11. The highest BCUT2D eigenvalue weighted by Gasteiger charge is 2.46. The molecule has 3 rings (SSSR count). The molecule has 0 aliphatic carbocycles. The van der Waals surface area contributed by atoms with Crippen LogP contribution in [-0.2, 0) is 9.59 Å². The highest BCUT2D eigenvalue weighted by Crippen LogP contribution is 2.39. The number of aromatic hydroxyl groups is 1. The number of phenolic OH excluding ortho intramolecular Hbond substituents is 1. The van der Waals surface area contributed by atoms with Gasteiger partial charge >= 0.3 is 0 Å². The average molecular weight is 353 g/mol. The van der Waals surface area contributed by atoms with Gasteiger partial charge in [0.25, 0.3) is 11.7 Å². The standard InChI is InChI=1S/C20H19NO5/c1-12(22)11-21-17(13-7-9-15(23)10-8-13)16(19(25)20(21)26)18(24)14-5-3-2-4-6-14/h2-10,12,17,22-24H,11H2,1H3/b18-16-. The number of rotatable bonds is 4. The van der Waals surface area contributed by atoms with E-state index in [2.05, 4.69) is 0 Å². The zero-order chi connectivity index (χ0) is 18.8. The van der Waals surface area contributed by atoms with E-state index >= 15 is 0 Å². The molecule has 1 fully saturated rings. The molecule has 0 spiro atoms. The Morgan fingerprint density at radius 2 is 1.69 bits per heavy atom. The van der Waals surface area contributed by atoms with Gasteiger partial charge in [0.1, 0.15) is 11.5 Å². The Hall–Kier alpha value is -3.12. The molecule has 1 saturated heterocycles. The third-order valence-electron chi connectivity index (χ3n) is 4.26. The molecule has 0 bridgehead atoms. The summed E-state index contributed by atoms with van der Waals surface area (Å²) in [6.45, 7) is 1.46. The number of β-amino-alcohol motifs (C(OH)–C–C–N with tert-alkyl or cyclic N) is 1. The number of phenols is 1. The second kappa shape index (κ2) is 7.01. The van der Waals surface area contributed by atoms with Gasteiger partial charge in [-0.25, -0.2) is 0 Å². The number of aliphatic hydroxyl groups is 2. The lowest BCUT2D eigenvalue weighted by atomic mass is 9.95. The molecule has 1 heterocycles. The molecule has 3 N–H and O–H groups in total. The van der Waals surface area contributed by atoms with Gasteiger partial charge in [0, 0.05) is 12.1 Å². The average Bonchev–Trinajstić information content (AvgIpc) is 2.87. The summed E-state index contributed by atoms with van der Waals surface area (Å²) in [5.74, 6) is -1.80. The minimum absolute atomic E-state index is 0.0347. The molecule has 0 aromatic heterocycles. The monoisotopic (exact) mass is 353 g/mol. The van der Waals surface area contributed by atoms with Crippen molar-refractivity contribution in [2.24, 2.45) is 0 Å². The van der Waals surface area contributed by atoms with Gasteiger partial charge in [-0.2, -0.15) is 0 Å². The molecule has 26 heavy (non-hydrogen) atoms. The molecule has 1 aliphatic rings. The summed E-state index contributed by atoms with van der Waals surface area (Å²) in [6, 6.07) is 13.7. The molecule has 0 radical (unpaired) electrons. The summed E-state index contributed by atoms with van der Waals surface area (Å²) in [4.78, 5) is 26.4. The first kappa shape index (κ1) is 17.7. The fraction of sp³-hybridized carbons (Fsp3) is 0.200. The summed E-state index contributed by atoms with van der Waals surface area (Å²) in [5, 5.41) is 30.0. The Morgan fingerprint density at radius 1 is 1.08 bits per heavy atom. The van der Waals surface area contributed by atoms with Crippen LogP contribution in [0.2, 0.25) is 0 Å². The summed E-state index contributed by atoms with van der Waals surface area (Å²) >= 11 is 0. The molecule has 6 nitrogen and oxygen atoms in total. The first-order valence-electron chi connectivity index (χ1n) is 8.21. The predicted molar refractivity (Wildman–Crippen MR) is 95.2 cm³/mol. The predicted octanol–water partition coefficient (Wildman–Crippen LogP) is 2.19. The molecule has 1 aliphatic heterocycles. The highest BCUT2D eigenvalue weighted by atomic mass is 16.3. The molecular formula is C20H19NO5. The Bertz CT molecular complexity index is 856. The largest absolute Gasteiger partial charge is 0.508 e. The SMILES string of the molecule is CC(O)CN1C(=O)C(=O)/C(=C(\O)c2ccccc2)C1c1ccc(O)cc1. The van der Waals surface area contributed by atoms with E-state index in [-0.39, 0.29) is 23.6 Å². The number of hydrogen-bond acceptors (Lipinski definition) is 5. The topological polar surface area (TPSA) is 98.1 Å². The number of Topliss-reactive ketones (excluding diaryl/α,β-unsaturated/α-hetero) is 1. The van der Waals surface area contributed by atoms with Gasteiger partial charge < -0.3 is 20.2 Å². The van der Waals surface area contributed by atoms with E-state index in [1.807, 2.05) is 0 Å². The second-order valence-electron chi connectivity index (χ2n) is 6.26. The van der Waals surface area contributed by atoms with Crippen molar-refractivity contribution in [1.82, 2.24) is 4.90 Å². The number of amides is 1. The van der Waals surface area contributed by atoms with E-state index in [4.69, 9.17) is 0 Å². The smallest absolute Gasteiger partial charge is 0.295 e. The number of benzene rings is 2. The molecule has 2 aromatic rings. The van der Waals surface area contributed by atoms with Crippen molar-refractivity contribution in [3.05, 3.63) is 71.3 Å². The zero-order valence-corrected chi connectivity index (χ0v) is 14.2. The van der Waals surface area contributed by atoms with E-state index < -0.39 is 23.8 Å². The van der Waals surface area contributed by atoms with Crippen LogP contribution in [0.25, 0.3) is 5.76 Å². The van der Waals surface area contributed by atoms with Crippen molar-refractivity contribution < 1.29 is 24.9 Å². The number of nitrogens with zero attached hydrogens (tertiary/aromatic N) is 1. The Kier molecular flexibility index (Phi) is 4.77. The zero-order valence-electron chi connectivity index (χ0n) is 14.2. The lowest BCUT2D eigenvalue weighted by Crippen LogP contribution is -2.35. The third-order valence-corrected chi connectivity index (χ3v) is 4.26. The van der Waals surface area contributed by atoms with Crippen LogP contribution in [0.5, 0.6) is 5.75 Å². The molecular weight excluding hydrogens is 334 g/mol. The van der Waals surface area contributed by atoms with Crippen LogP contribution in [0.15, 0.2) is 60.2 Å². The molecule has 6 heteroatoms. The number of carbonyl (C=O) groups excluding carboxylic acids is 2. The first-order valence-corrected chi connectivity index (χ1v) is 8.21. The van der Waals surface area contributed by atoms with Crippen LogP contribution in [0.1, 0.15) is 24.1 Å². The minimum atomic E-state index is -0.843. The third kappa shape index (κ3) is 3.19. The van der Waals surface area contributed by atoms with Gasteiger partial charge in [-0.05, 0) is 24.6 Å². The first-order chi connectivity index (χ1) is 12.4. The van der Waals surface area contributed by atoms with Crippen molar-refractivity contribution in [3.8, 4) is 5.75 Å². The Labute approximate surface area is 150 Å². The van der Waals surface area contributed by atoms with Crippen LogP contribution >= 0.6 is 0 Å². The van der Waals surface area contributed by atoms with Crippen molar-refractivity contribution in [2.45, 2.75) is 19.1 Å². The van der Waals surface area contributed by atoms with Gasteiger partial charge in [0.15, 0.2) is 0 Å². The van der Waals surface area contributed by atoms with Gasteiger partial charge in [-0.3, -0.25) is 9.59 Å². The van der Waals surface area contributed by atoms with E-state index in [1.165, 1.54) is 24.0 Å². The number of carbonyl (C=O) groups is 2. The Morgan fingerprint density at radius 3 is 2.27 bits per heavy atom. The van der Waals surface area contributed by atoms with Crippen LogP contribution in [0, 0.1) is 0 Å². The van der Waals surface area contributed by atoms with E-state index in [1.54, 1.807) is 42.5 Å². The molecule has 134 valence electrons.